The predicted octanol–water partition coefficient (Wildman–Crippen LogP) is 6.64. The van der Waals surface area contributed by atoms with Crippen LogP contribution < -0.4 is 10.1 Å². The highest BCUT2D eigenvalue weighted by molar-refractivity contribution is 7.22. The number of hydrogen-bond donors (Lipinski definition) is 1. The van der Waals surface area contributed by atoms with E-state index in [9.17, 15) is 4.79 Å². The molecule has 34 heavy (non-hydrogen) atoms. The van der Waals surface area contributed by atoms with E-state index in [0.29, 0.717) is 27.0 Å². The monoisotopic (exact) mass is 486 g/mol. The number of ether oxygens (including phenoxy) is 1. The van der Waals surface area contributed by atoms with Crippen molar-refractivity contribution in [1.29, 1.82) is 0 Å². The van der Waals surface area contributed by atoms with E-state index in [4.69, 9.17) is 21.3 Å². The van der Waals surface area contributed by atoms with E-state index in [-0.39, 0.29) is 5.91 Å². The van der Waals surface area contributed by atoms with Crippen molar-refractivity contribution >= 4 is 44.3 Å². The number of benzene rings is 2. The number of fused-ring (bicyclic) bond motifs is 1. The Morgan fingerprint density at radius 1 is 1.00 bits per heavy atom. The van der Waals surface area contributed by atoms with Gasteiger partial charge in [-0.1, -0.05) is 53.3 Å². The molecule has 0 spiro atoms. The van der Waals surface area contributed by atoms with Gasteiger partial charge in [-0.15, -0.1) is 0 Å². The Hall–Kier alpha value is -3.81. The van der Waals surface area contributed by atoms with Crippen molar-refractivity contribution in [2.75, 3.05) is 12.4 Å². The number of aryl methyl sites for hydroxylation is 1. The highest BCUT2D eigenvalue weighted by Gasteiger charge is 2.18. The number of rotatable bonds is 5. The first-order chi connectivity index (χ1) is 16.5. The van der Waals surface area contributed by atoms with Crippen LogP contribution in [0.4, 0.5) is 5.13 Å². The number of nitrogens with one attached hydrogen (secondary N) is 1. The van der Waals surface area contributed by atoms with E-state index in [2.05, 4.69) is 15.3 Å². The summed E-state index contributed by atoms with van der Waals surface area (Å²) in [6.45, 7) is 1.89. The zero-order valence-electron chi connectivity index (χ0n) is 18.4. The first-order valence-electron chi connectivity index (χ1n) is 10.5. The lowest BCUT2D eigenvalue weighted by Gasteiger charge is -2.13. The van der Waals surface area contributed by atoms with Crippen molar-refractivity contribution in [3.63, 3.8) is 0 Å². The number of aromatic nitrogens is 3. The van der Waals surface area contributed by atoms with Crippen LogP contribution in [0.2, 0.25) is 5.02 Å². The third-order valence-corrected chi connectivity index (χ3v) is 6.43. The van der Waals surface area contributed by atoms with Crippen LogP contribution in [0, 0.1) is 6.92 Å². The summed E-state index contributed by atoms with van der Waals surface area (Å²) in [5, 5.41) is 4.05. The van der Waals surface area contributed by atoms with Crippen LogP contribution in [-0.4, -0.2) is 28.0 Å². The maximum atomic E-state index is 13.3. The topological polar surface area (TPSA) is 77.0 Å². The Labute approximate surface area is 205 Å². The van der Waals surface area contributed by atoms with Gasteiger partial charge in [-0.25, -0.2) is 9.97 Å². The van der Waals surface area contributed by atoms with Gasteiger partial charge in [0.2, 0.25) is 0 Å². The van der Waals surface area contributed by atoms with Gasteiger partial charge in [0.25, 0.3) is 5.91 Å². The van der Waals surface area contributed by atoms with Gasteiger partial charge >= 0.3 is 0 Å². The van der Waals surface area contributed by atoms with E-state index < -0.39 is 0 Å². The molecule has 168 valence electrons. The van der Waals surface area contributed by atoms with Crippen molar-refractivity contribution in [3.05, 3.63) is 89.2 Å². The maximum absolute atomic E-state index is 13.3. The van der Waals surface area contributed by atoms with Crippen LogP contribution in [0.1, 0.15) is 16.1 Å². The normalized spacial score (nSPS) is 10.9. The smallest absolute Gasteiger partial charge is 0.259 e. The molecule has 1 N–H and O–H groups in total. The number of carbonyl (C=O) groups excluding carboxylic acids is 1. The van der Waals surface area contributed by atoms with Crippen LogP contribution in [0.15, 0.2) is 72.9 Å². The molecule has 5 aromatic rings. The van der Waals surface area contributed by atoms with Gasteiger partial charge in [-0.3, -0.25) is 15.1 Å². The van der Waals surface area contributed by atoms with Gasteiger partial charge in [0.1, 0.15) is 16.1 Å². The number of thiazole rings is 1. The second-order valence-corrected chi connectivity index (χ2v) is 8.99. The molecule has 0 aliphatic carbocycles. The summed E-state index contributed by atoms with van der Waals surface area (Å²) in [6, 6.07) is 20.8. The molecule has 1 amide bonds. The summed E-state index contributed by atoms with van der Waals surface area (Å²) in [6.07, 6.45) is 1.58. The Bertz CT molecular complexity index is 1520. The Balaban J connectivity index is 1.47. The molecule has 5 rings (SSSR count). The number of hydrogen-bond acceptors (Lipinski definition) is 6. The maximum Gasteiger partial charge on any atom is 0.259 e. The fourth-order valence-corrected chi connectivity index (χ4v) is 4.61. The summed E-state index contributed by atoms with van der Waals surface area (Å²) < 4.78 is 5.51. The number of halogens is 1. The molecule has 0 bridgehead atoms. The average molecular weight is 487 g/mol. The molecule has 0 aliphatic rings. The number of nitrogens with zero attached hydrogens (tertiary/aromatic N) is 3. The minimum atomic E-state index is -0.301. The second-order valence-electron chi connectivity index (χ2n) is 7.57. The van der Waals surface area contributed by atoms with Gasteiger partial charge in [0, 0.05) is 33.6 Å². The zero-order valence-corrected chi connectivity index (χ0v) is 19.9. The third-order valence-electron chi connectivity index (χ3n) is 5.30. The van der Waals surface area contributed by atoms with Crippen molar-refractivity contribution in [3.8, 4) is 28.1 Å². The fourth-order valence-electron chi connectivity index (χ4n) is 3.65. The zero-order chi connectivity index (χ0) is 23.7. The van der Waals surface area contributed by atoms with E-state index in [0.717, 1.165) is 32.9 Å². The molecule has 0 saturated carbocycles. The van der Waals surface area contributed by atoms with Crippen molar-refractivity contribution < 1.29 is 9.53 Å². The van der Waals surface area contributed by atoms with Gasteiger partial charge in [-0.2, -0.15) is 0 Å². The number of anilines is 1. The third kappa shape index (κ3) is 4.35. The number of carbonyl (C=O) groups is 1. The van der Waals surface area contributed by atoms with Gasteiger partial charge in [0.15, 0.2) is 5.13 Å². The van der Waals surface area contributed by atoms with Gasteiger partial charge in [0.05, 0.1) is 18.4 Å². The molecule has 3 heterocycles. The molecule has 0 atom stereocenters. The summed E-state index contributed by atoms with van der Waals surface area (Å²) in [7, 11) is 1.61. The Morgan fingerprint density at radius 3 is 2.59 bits per heavy atom. The van der Waals surface area contributed by atoms with Crippen LogP contribution >= 0.6 is 22.9 Å². The highest BCUT2D eigenvalue weighted by atomic mass is 35.5. The van der Waals surface area contributed by atoms with Gasteiger partial charge in [-0.05, 0) is 43.3 Å². The van der Waals surface area contributed by atoms with Crippen molar-refractivity contribution in [1.82, 2.24) is 15.0 Å². The molecule has 0 unspecified atom stereocenters. The highest BCUT2D eigenvalue weighted by Crippen LogP contribution is 2.33. The summed E-state index contributed by atoms with van der Waals surface area (Å²) in [5.41, 5.74) is 5.28. The Morgan fingerprint density at radius 2 is 1.79 bits per heavy atom. The molecular formula is C26H19ClN4O2S. The van der Waals surface area contributed by atoms with Crippen LogP contribution in [0.25, 0.3) is 32.7 Å². The summed E-state index contributed by atoms with van der Waals surface area (Å²) in [5.74, 6) is 0.381. The molecular weight excluding hydrogens is 468 g/mol. The van der Waals surface area contributed by atoms with Gasteiger partial charge < -0.3 is 4.74 Å². The number of para-hydroxylation sites is 1. The molecule has 6 nitrogen and oxygen atoms in total. The number of pyridine rings is 2. The first kappa shape index (κ1) is 22.0. The van der Waals surface area contributed by atoms with Crippen LogP contribution in [-0.2, 0) is 0 Å². The SMILES string of the molecule is COc1ccccc1-c1cc(C)ncc1C(=O)Nc1nc2ccc(-c3ccc(Cl)cc3)nc2s1. The molecule has 8 heteroatoms. The lowest BCUT2D eigenvalue weighted by molar-refractivity contribution is 0.102. The van der Waals surface area contributed by atoms with Crippen LogP contribution in [0.3, 0.4) is 0 Å². The lowest BCUT2D eigenvalue weighted by Crippen LogP contribution is -2.14. The van der Waals surface area contributed by atoms with E-state index in [1.54, 1.807) is 13.3 Å². The lowest BCUT2D eigenvalue weighted by atomic mass is 9.99. The number of amides is 1. The minimum absolute atomic E-state index is 0.301. The Kier molecular flexibility index (Phi) is 5.96. The second kappa shape index (κ2) is 9.21. The summed E-state index contributed by atoms with van der Waals surface area (Å²) in [4.78, 5) is 27.6. The largest absolute Gasteiger partial charge is 0.496 e. The molecule has 3 aromatic heterocycles. The molecule has 0 fully saturated rings. The predicted molar refractivity (Wildman–Crippen MR) is 137 cm³/mol. The average Bonchev–Trinajstić information content (AvgIpc) is 3.25. The van der Waals surface area contributed by atoms with E-state index in [1.807, 2.05) is 73.7 Å². The molecule has 0 saturated heterocycles. The number of methoxy groups -OCH3 is 1. The minimum Gasteiger partial charge on any atom is -0.496 e. The summed E-state index contributed by atoms with van der Waals surface area (Å²) >= 11 is 7.31. The van der Waals surface area contributed by atoms with E-state index in [1.165, 1.54) is 11.3 Å². The standard InChI is InChI=1S/C26H19ClN4O2S/c1-15-13-19(18-5-3-4-6-23(18)33-2)20(14-28-15)24(32)31-26-30-22-12-11-21(29-25(22)34-26)16-7-9-17(27)10-8-16/h3-14H,1-2H3,(H,30,31,32). The molecule has 0 aliphatic heterocycles. The molecule has 2 aromatic carbocycles. The van der Waals surface area contributed by atoms with Crippen molar-refractivity contribution in [2.45, 2.75) is 6.92 Å². The fraction of sp³-hybridized carbons (Fsp3) is 0.0769. The molecule has 0 radical (unpaired) electrons. The first-order valence-corrected chi connectivity index (χ1v) is 11.7. The quantitative estimate of drug-likeness (QED) is 0.301. The van der Waals surface area contributed by atoms with E-state index >= 15 is 0 Å². The van der Waals surface area contributed by atoms with Crippen LogP contribution in [0.5, 0.6) is 5.75 Å². The van der Waals surface area contributed by atoms with Crippen molar-refractivity contribution in [2.24, 2.45) is 0 Å².